The lowest BCUT2D eigenvalue weighted by Crippen LogP contribution is -2.44. The molecule has 8 nitrogen and oxygen atoms in total. The summed E-state index contributed by atoms with van der Waals surface area (Å²) in [6.07, 6.45) is 8.09. The highest BCUT2D eigenvalue weighted by atomic mass is 32.1. The van der Waals surface area contributed by atoms with Crippen molar-refractivity contribution in [1.82, 2.24) is 20.2 Å². The number of ether oxygens (including phenoxy) is 2. The highest BCUT2D eigenvalue weighted by molar-refractivity contribution is 7.13. The van der Waals surface area contributed by atoms with Crippen molar-refractivity contribution >= 4 is 34.1 Å². The van der Waals surface area contributed by atoms with E-state index in [0.29, 0.717) is 31.1 Å². The van der Waals surface area contributed by atoms with E-state index in [1.165, 1.54) is 11.3 Å². The lowest BCUT2D eigenvalue weighted by atomic mass is 9.93. The molecule has 9 heteroatoms. The number of methoxy groups -OCH3 is 1. The Morgan fingerprint density at radius 1 is 1.24 bits per heavy atom. The van der Waals surface area contributed by atoms with E-state index < -0.39 is 11.8 Å². The van der Waals surface area contributed by atoms with Crippen molar-refractivity contribution in [1.29, 1.82) is 0 Å². The maximum Gasteiger partial charge on any atom is 0.226 e. The summed E-state index contributed by atoms with van der Waals surface area (Å²) >= 11 is 1.52. The summed E-state index contributed by atoms with van der Waals surface area (Å²) < 4.78 is 12.3. The zero-order valence-corrected chi connectivity index (χ0v) is 26.1. The van der Waals surface area contributed by atoms with Crippen LogP contribution in [0.25, 0.3) is 21.6 Å². The molecule has 1 N–H and O–H groups in total. The van der Waals surface area contributed by atoms with Gasteiger partial charge in [-0.25, -0.2) is 9.97 Å². The monoisotopic (exact) mass is 590 g/mol. The van der Waals surface area contributed by atoms with E-state index in [1.54, 1.807) is 18.2 Å². The van der Waals surface area contributed by atoms with Crippen LogP contribution in [0.15, 0.2) is 42.4 Å². The molecule has 2 saturated carbocycles. The van der Waals surface area contributed by atoms with Gasteiger partial charge in [-0.1, -0.05) is 13.0 Å². The molecule has 224 valence electrons. The number of fused-ring (bicyclic) bond motifs is 1. The van der Waals surface area contributed by atoms with E-state index in [-0.39, 0.29) is 23.5 Å². The van der Waals surface area contributed by atoms with Gasteiger partial charge in [0.1, 0.15) is 28.3 Å². The lowest BCUT2D eigenvalue weighted by Gasteiger charge is -2.25. The van der Waals surface area contributed by atoms with Crippen molar-refractivity contribution in [3.8, 4) is 22.2 Å². The number of carbonyl (C=O) groups is 2. The average molecular weight is 591 g/mol. The molecule has 2 heterocycles. The fourth-order valence-electron chi connectivity index (χ4n) is 6.14. The van der Waals surface area contributed by atoms with Crippen LogP contribution in [-0.4, -0.2) is 59.0 Å². The summed E-state index contributed by atoms with van der Waals surface area (Å²) in [5, 5.41) is 6.84. The summed E-state index contributed by atoms with van der Waals surface area (Å²) in [7, 11) is 3.49. The number of unbranched alkanes of at least 4 members (excludes halogenated alkanes) is 2. The summed E-state index contributed by atoms with van der Waals surface area (Å²) in [5.74, 6) is 0.937. The highest BCUT2D eigenvalue weighted by Crippen LogP contribution is 2.44. The first-order valence-electron chi connectivity index (χ1n) is 14.9. The second kappa shape index (κ2) is 12.4. The Kier molecular flexibility index (Phi) is 8.87. The Hall–Kier alpha value is -3.46. The quantitative estimate of drug-likeness (QED) is 0.200. The van der Waals surface area contributed by atoms with Gasteiger partial charge in [0.05, 0.1) is 24.5 Å². The molecule has 2 fully saturated rings. The van der Waals surface area contributed by atoms with Gasteiger partial charge in [0, 0.05) is 47.7 Å². The molecule has 2 amide bonds. The number of nitrogens with zero attached hydrogens (tertiary/aromatic N) is 3. The number of benzene rings is 1. The maximum absolute atomic E-state index is 13.7. The molecule has 2 aliphatic rings. The molecule has 0 unspecified atom stereocenters. The van der Waals surface area contributed by atoms with E-state index in [1.807, 2.05) is 43.6 Å². The summed E-state index contributed by atoms with van der Waals surface area (Å²) in [6.45, 7) is 10.7. The van der Waals surface area contributed by atoms with Crippen LogP contribution in [0.4, 0.5) is 0 Å². The molecule has 2 aliphatic carbocycles. The topological polar surface area (TPSA) is 93.7 Å². The molecule has 5 rings (SSSR count). The number of hydrogen-bond acceptors (Lipinski definition) is 7. The number of carbonyl (C=O) groups excluding carboxylic acids is 2. The minimum absolute atomic E-state index is 0.0116. The largest absolute Gasteiger partial charge is 0.496 e. The van der Waals surface area contributed by atoms with Crippen molar-refractivity contribution in [2.45, 2.75) is 70.9 Å². The Labute approximate surface area is 252 Å². The number of aromatic nitrogens is 2. The van der Waals surface area contributed by atoms with Crippen LogP contribution in [0.3, 0.4) is 0 Å². The van der Waals surface area contributed by atoms with E-state index in [9.17, 15) is 9.59 Å². The van der Waals surface area contributed by atoms with Crippen LogP contribution in [0.5, 0.6) is 11.5 Å². The Bertz CT molecular complexity index is 1460. The van der Waals surface area contributed by atoms with Crippen molar-refractivity contribution in [2.24, 2.45) is 17.8 Å². The molecule has 5 atom stereocenters. The normalized spacial score (nSPS) is 24.8. The van der Waals surface area contributed by atoms with Gasteiger partial charge in [0.25, 0.3) is 0 Å². The number of allylic oxidation sites excluding steroid dienone is 1. The lowest BCUT2D eigenvalue weighted by molar-refractivity contribution is -0.140. The second-order valence-electron chi connectivity index (χ2n) is 12.1. The van der Waals surface area contributed by atoms with Gasteiger partial charge in [-0.3, -0.25) is 9.59 Å². The zero-order valence-electron chi connectivity index (χ0n) is 25.3. The molecule has 0 saturated heterocycles. The number of amides is 2. The third-order valence-corrected chi connectivity index (χ3v) is 9.88. The standard InChI is InChI=1S/C33H42N4O4S/c1-7-8-9-10-14-37(5)32(39)25-17-22(16-24(25)30(38)36-33(4)19-20(33)2)41-28-18-26(31-34-13-15-42-31)35-29-21(3)27(40-6)12-11-23(28)29/h7,11-13,15,18,20,22,24-25H,1,8-10,14,16-17,19H2,2-6H3,(H,36,38)/t20-,22-,24-,25-,33-/m1/s1. The van der Waals surface area contributed by atoms with Crippen LogP contribution < -0.4 is 14.8 Å². The van der Waals surface area contributed by atoms with Crippen molar-refractivity contribution in [3.63, 3.8) is 0 Å². The van der Waals surface area contributed by atoms with Gasteiger partial charge >= 0.3 is 0 Å². The Balaban J connectivity index is 1.43. The van der Waals surface area contributed by atoms with Gasteiger partial charge in [0.15, 0.2) is 0 Å². The molecule has 1 aromatic carbocycles. The van der Waals surface area contributed by atoms with E-state index in [4.69, 9.17) is 14.5 Å². The third kappa shape index (κ3) is 6.16. The molecule has 42 heavy (non-hydrogen) atoms. The van der Waals surface area contributed by atoms with Gasteiger partial charge in [-0.2, -0.15) is 0 Å². The first-order valence-corrected chi connectivity index (χ1v) is 15.8. The van der Waals surface area contributed by atoms with Crippen LogP contribution in [0, 0.1) is 24.7 Å². The molecule has 0 spiro atoms. The predicted octanol–water partition coefficient (Wildman–Crippen LogP) is 6.18. The van der Waals surface area contributed by atoms with E-state index in [0.717, 1.165) is 58.6 Å². The summed E-state index contributed by atoms with van der Waals surface area (Å²) in [4.78, 5) is 38.6. The Morgan fingerprint density at radius 2 is 2.00 bits per heavy atom. The highest BCUT2D eigenvalue weighted by Gasteiger charge is 2.51. The van der Waals surface area contributed by atoms with Crippen LogP contribution >= 0.6 is 11.3 Å². The SMILES string of the molecule is C=CCCCCN(C)C(=O)[C@@H]1C[C@H](Oc2cc(-c3nccs3)nc3c(C)c(OC)ccc23)C[C@H]1C(=O)N[C@]1(C)C[C@H]1C. The van der Waals surface area contributed by atoms with Gasteiger partial charge in [-0.05, 0) is 70.4 Å². The van der Waals surface area contributed by atoms with Crippen LogP contribution in [0.2, 0.25) is 0 Å². The van der Waals surface area contributed by atoms with Crippen LogP contribution in [-0.2, 0) is 9.59 Å². The van der Waals surface area contributed by atoms with Crippen molar-refractivity contribution in [2.75, 3.05) is 20.7 Å². The molecular formula is C33H42N4O4S. The minimum atomic E-state index is -0.448. The second-order valence-corrected chi connectivity index (χ2v) is 13.0. The zero-order chi connectivity index (χ0) is 30.0. The number of rotatable bonds is 12. The maximum atomic E-state index is 13.7. The average Bonchev–Trinajstić information content (AvgIpc) is 3.38. The summed E-state index contributed by atoms with van der Waals surface area (Å²) in [5.41, 5.74) is 2.23. The number of aryl methyl sites for hydroxylation is 1. The molecular weight excluding hydrogens is 548 g/mol. The van der Waals surface area contributed by atoms with E-state index in [2.05, 4.69) is 30.7 Å². The molecule has 0 aliphatic heterocycles. The van der Waals surface area contributed by atoms with Crippen molar-refractivity contribution in [3.05, 3.63) is 48.0 Å². The minimum Gasteiger partial charge on any atom is -0.496 e. The Morgan fingerprint density at radius 3 is 2.67 bits per heavy atom. The van der Waals surface area contributed by atoms with Gasteiger partial charge < -0.3 is 19.7 Å². The third-order valence-electron chi connectivity index (χ3n) is 9.08. The number of nitrogens with one attached hydrogen (secondary N) is 1. The molecule has 3 aromatic rings. The fraction of sp³-hybridized carbons (Fsp3) is 0.515. The van der Waals surface area contributed by atoms with Gasteiger partial charge in [0.2, 0.25) is 11.8 Å². The predicted molar refractivity (Wildman–Crippen MR) is 167 cm³/mol. The van der Waals surface area contributed by atoms with Gasteiger partial charge in [-0.15, -0.1) is 17.9 Å². The molecule has 2 aromatic heterocycles. The number of pyridine rings is 1. The molecule has 0 radical (unpaired) electrons. The summed E-state index contributed by atoms with van der Waals surface area (Å²) in [6, 6.07) is 5.81. The number of thiazole rings is 1. The van der Waals surface area contributed by atoms with Crippen LogP contribution in [0.1, 0.15) is 57.9 Å². The number of hydrogen-bond donors (Lipinski definition) is 1. The fourth-order valence-corrected chi connectivity index (χ4v) is 6.74. The van der Waals surface area contributed by atoms with Crippen molar-refractivity contribution < 1.29 is 19.1 Å². The van der Waals surface area contributed by atoms with E-state index >= 15 is 0 Å². The first kappa shape index (κ1) is 30.0. The smallest absolute Gasteiger partial charge is 0.226 e. The molecule has 0 bridgehead atoms. The first-order chi connectivity index (χ1) is 20.1.